The smallest absolute Gasteiger partial charge is 0.346 e. The minimum atomic E-state index is -0.476. The van der Waals surface area contributed by atoms with Crippen LogP contribution >= 0.6 is 0 Å². The van der Waals surface area contributed by atoms with E-state index in [0.29, 0.717) is 22.8 Å². The SMILES string of the molecule is COC(=O)c1cccc(OC(=O)c2c(C)[nH]c3ccc4c(c23)CC2CCCN3CCCCC23O4)c1. The zero-order chi connectivity index (χ0) is 24.2. The first kappa shape index (κ1) is 22.2. The minimum Gasteiger partial charge on any atom is -0.472 e. The highest BCUT2D eigenvalue weighted by molar-refractivity contribution is 6.08. The standard InChI is InChI=1S/C28H30N2O5/c1-17-24(27(32)34-20-9-5-7-18(15-20)26(31)33-2)25-21-16-19-8-6-14-30-13-4-3-12-28(19,30)35-23(21)11-10-22(25)29-17/h5,7,9-11,15,19,29H,3-4,6,8,12-14,16H2,1-2H3. The molecule has 2 saturated heterocycles. The third kappa shape index (κ3) is 3.52. The van der Waals surface area contributed by atoms with Crippen LogP contribution in [0.25, 0.3) is 10.9 Å². The zero-order valence-corrected chi connectivity index (χ0v) is 20.2. The van der Waals surface area contributed by atoms with Crippen LogP contribution in [0.1, 0.15) is 64.1 Å². The lowest BCUT2D eigenvalue weighted by atomic mass is 9.74. The number of methoxy groups -OCH3 is 1. The van der Waals surface area contributed by atoms with Crippen LogP contribution in [0.5, 0.6) is 11.5 Å². The van der Waals surface area contributed by atoms with Gasteiger partial charge in [-0.15, -0.1) is 0 Å². The second kappa shape index (κ2) is 8.41. The van der Waals surface area contributed by atoms with E-state index in [1.165, 1.54) is 32.4 Å². The molecular formula is C28H30N2O5. The van der Waals surface area contributed by atoms with Crippen LogP contribution in [0, 0.1) is 12.8 Å². The summed E-state index contributed by atoms with van der Waals surface area (Å²) in [6.07, 6.45) is 6.68. The lowest BCUT2D eigenvalue weighted by molar-refractivity contribution is -0.177. The number of H-pyrrole nitrogens is 1. The van der Waals surface area contributed by atoms with Gasteiger partial charge in [0.1, 0.15) is 11.5 Å². The number of hydrogen-bond acceptors (Lipinski definition) is 6. The Hall–Kier alpha value is -3.32. The van der Waals surface area contributed by atoms with Crippen LogP contribution in [-0.4, -0.2) is 47.7 Å². The summed E-state index contributed by atoms with van der Waals surface area (Å²) >= 11 is 0. The average molecular weight is 475 g/mol. The molecule has 4 heterocycles. The largest absolute Gasteiger partial charge is 0.472 e. The Morgan fingerprint density at radius 1 is 1.11 bits per heavy atom. The van der Waals surface area contributed by atoms with Crippen molar-refractivity contribution in [2.24, 2.45) is 5.92 Å². The molecule has 2 unspecified atom stereocenters. The Bertz CT molecular complexity index is 1330. The molecule has 182 valence electrons. The predicted molar refractivity (Wildman–Crippen MR) is 131 cm³/mol. The molecule has 2 fully saturated rings. The Labute approximate surface area is 204 Å². The van der Waals surface area contributed by atoms with Crippen molar-refractivity contribution in [1.29, 1.82) is 0 Å². The second-order valence-electron chi connectivity index (χ2n) is 9.93. The number of aryl methyl sites for hydroxylation is 1. The quantitative estimate of drug-likeness (QED) is 0.425. The summed E-state index contributed by atoms with van der Waals surface area (Å²) in [7, 11) is 1.32. The highest BCUT2D eigenvalue weighted by Gasteiger charge is 2.52. The number of benzene rings is 2. The fourth-order valence-corrected chi connectivity index (χ4v) is 6.43. The topological polar surface area (TPSA) is 80.9 Å². The average Bonchev–Trinajstić information content (AvgIpc) is 3.22. The molecular weight excluding hydrogens is 444 g/mol. The number of aromatic amines is 1. The van der Waals surface area contributed by atoms with E-state index in [4.69, 9.17) is 14.2 Å². The number of rotatable bonds is 3. The van der Waals surface area contributed by atoms with Gasteiger partial charge in [0, 0.05) is 47.6 Å². The molecule has 1 aromatic heterocycles. The van der Waals surface area contributed by atoms with Crippen molar-refractivity contribution >= 4 is 22.8 Å². The maximum Gasteiger partial charge on any atom is 0.346 e. The first-order valence-electron chi connectivity index (χ1n) is 12.5. The Kier molecular flexibility index (Phi) is 5.33. The van der Waals surface area contributed by atoms with Gasteiger partial charge in [-0.2, -0.15) is 0 Å². The maximum atomic E-state index is 13.4. The monoisotopic (exact) mass is 474 g/mol. The van der Waals surface area contributed by atoms with E-state index < -0.39 is 11.9 Å². The Morgan fingerprint density at radius 2 is 1.97 bits per heavy atom. The van der Waals surface area contributed by atoms with Gasteiger partial charge in [0.15, 0.2) is 5.72 Å². The van der Waals surface area contributed by atoms with Crippen molar-refractivity contribution in [3.8, 4) is 11.5 Å². The highest BCUT2D eigenvalue weighted by Crippen LogP contribution is 2.50. The molecule has 1 spiro atoms. The van der Waals surface area contributed by atoms with Crippen LogP contribution in [0.3, 0.4) is 0 Å². The summed E-state index contributed by atoms with van der Waals surface area (Å²) in [4.78, 5) is 31.3. The molecule has 3 aliphatic rings. The molecule has 2 atom stereocenters. The van der Waals surface area contributed by atoms with Crippen molar-refractivity contribution in [2.45, 2.75) is 51.2 Å². The fourth-order valence-electron chi connectivity index (χ4n) is 6.43. The second-order valence-corrected chi connectivity index (χ2v) is 9.93. The summed E-state index contributed by atoms with van der Waals surface area (Å²) in [5.41, 5.74) is 3.40. The van der Waals surface area contributed by atoms with Gasteiger partial charge in [0.2, 0.25) is 0 Å². The number of carbonyl (C=O) groups excluding carboxylic acids is 2. The molecule has 1 N–H and O–H groups in total. The van der Waals surface area contributed by atoms with Gasteiger partial charge in [-0.1, -0.05) is 6.07 Å². The molecule has 0 amide bonds. The first-order valence-corrected chi connectivity index (χ1v) is 12.5. The molecule has 0 aliphatic carbocycles. The van der Waals surface area contributed by atoms with E-state index in [9.17, 15) is 9.59 Å². The van der Waals surface area contributed by atoms with Gasteiger partial charge in [0.05, 0.1) is 18.2 Å². The molecule has 0 bridgehead atoms. The van der Waals surface area contributed by atoms with E-state index in [1.807, 2.05) is 13.0 Å². The van der Waals surface area contributed by atoms with E-state index in [0.717, 1.165) is 60.3 Å². The van der Waals surface area contributed by atoms with Crippen molar-refractivity contribution in [3.63, 3.8) is 0 Å². The number of nitrogens with zero attached hydrogens (tertiary/aromatic N) is 1. The van der Waals surface area contributed by atoms with Crippen LogP contribution in [0.4, 0.5) is 0 Å². The zero-order valence-electron chi connectivity index (χ0n) is 20.2. The summed E-state index contributed by atoms with van der Waals surface area (Å²) in [5, 5.41) is 0.886. The van der Waals surface area contributed by atoms with Crippen molar-refractivity contribution in [1.82, 2.24) is 9.88 Å². The van der Waals surface area contributed by atoms with Crippen molar-refractivity contribution in [2.75, 3.05) is 20.2 Å². The fraction of sp³-hybridized carbons (Fsp3) is 0.429. The number of aromatic nitrogens is 1. The van der Waals surface area contributed by atoms with E-state index >= 15 is 0 Å². The number of carbonyl (C=O) groups is 2. The van der Waals surface area contributed by atoms with Crippen LogP contribution in [0.2, 0.25) is 0 Å². The number of fused-ring (bicyclic) bond motifs is 3. The third-order valence-electron chi connectivity index (χ3n) is 7.99. The lowest BCUT2D eigenvalue weighted by Crippen LogP contribution is -2.64. The number of ether oxygens (including phenoxy) is 3. The molecule has 0 radical (unpaired) electrons. The predicted octanol–water partition coefficient (Wildman–Crippen LogP) is 5.01. The number of nitrogens with one attached hydrogen (secondary N) is 1. The Morgan fingerprint density at radius 3 is 2.83 bits per heavy atom. The molecule has 7 heteroatoms. The third-order valence-corrected chi connectivity index (χ3v) is 7.99. The molecule has 7 nitrogen and oxygen atoms in total. The summed E-state index contributed by atoms with van der Waals surface area (Å²) in [5.74, 6) is 0.661. The van der Waals surface area contributed by atoms with E-state index in [1.54, 1.807) is 18.2 Å². The molecule has 6 rings (SSSR count). The molecule has 2 aromatic carbocycles. The van der Waals surface area contributed by atoms with Crippen molar-refractivity contribution in [3.05, 3.63) is 58.8 Å². The Balaban J connectivity index is 1.39. The van der Waals surface area contributed by atoms with Gasteiger partial charge < -0.3 is 19.2 Å². The van der Waals surface area contributed by atoms with Gasteiger partial charge in [-0.05, 0) is 69.4 Å². The van der Waals surface area contributed by atoms with E-state index in [2.05, 4.69) is 16.0 Å². The van der Waals surface area contributed by atoms with Gasteiger partial charge >= 0.3 is 11.9 Å². The minimum absolute atomic E-state index is 0.211. The number of piperidine rings is 2. The van der Waals surface area contributed by atoms with E-state index in [-0.39, 0.29) is 5.72 Å². The molecule has 3 aliphatic heterocycles. The normalized spacial score (nSPS) is 23.5. The number of esters is 2. The van der Waals surface area contributed by atoms with Gasteiger partial charge in [0.25, 0.3) is 0 Å². The number of hydrogen-bond donors (Lipinski definition) is 1. The van der Waals surface area contributed by atoms with Crippen LogP contribution < -0.4 is 9.47 Å². The van der Waals surface area contributed by atoms with Crippen molar-refractivity contribution < 1.29 is 23.8 Å². The van der Waals surface area contributed by atoms with Gasteiger partial charge in [-0.25, -0.2) is 9.59 Å². The van der Waals surface area contributed by atoms with Crippen LogP contribution in [0.15, 0.2) is 36.4 Å². The lowest BCUT2D eigenvalue weighted by Gasteiger charge is -2.56. The highest BCUT2D eigenvalue weighted by atomic mass is 16.5. The molecule has 0 saturated carbocycles. The summed E-state index contributed by atoms with van der Waals surface area (Å²) in [6.45, 7) is 4.08. The molecule has 3 aromatic rings. The summed E-state index contributed by atoms with van der Waals surface area (Å²) < 4.78 is 17.4. The van der Waals surface area contributed by atoms with Crippen LogP contribution in [-0.2, 0) is 11.2 Å². The first-order chi connectivity index (χ1) is 17.0. The summed E-state index contributed by atoms with van der Waals surface area (Å²) in [6, 6.07) is 10.5. The van der Waals surface area contributed by atoms with Gasteiger partial charge in [-0.3, -0.25) is 4.90 Å². The maximum absolute atomic E-state index is 13.4. The molecule has 35 heavy (non-hydrogen) atoms.